The Labute approximate surface area is 119 Å². The minimum absolute atomic E-state index is 0.0222. The van der Waals surface area contributed by atoms with Gasteiger partial charge in [-0.2, -0.15) is 0 Å². The molecular formula is C14H20ClN3O. The molecule has 19 heavy (non-hydrogen) atoms. The van der Waals surface area contributed by atoms with Gasteiger partial charge in [-0.1, -0.05) is 24.6 Å². The number of anilines is 2. The highest BCUT2D eigenvalue weighted by atomic mass is 35.5. The number of para-hydroxylation sites is 1. The van der Waals surface area contributed by atoms with Crippen LogP contribution in [0.5, 0.6) is 0 Å². The predicted molar refractivity (Wildman–Crippen MR) is 79.9 cm³/mol. The summed E-state index contributed by atoms with van der Waals surface area (Å²) in [6.45, 7) is 3.73. The van der Waals surface area contributed by atoms with E-state index < -0.39 is 0 Å². The SMILES string of the molecule is C[C@@H]1CNC[C@H]1C(=O)Nc1cccc(Cl)c1N(C)C. The number of hydrogen-bond donors (Lipinski definition) is 2. The van der Waals surface area contributed by atoms with Gasteiger partial charge in [0.2, 0.25) is 5.91 Å². The lowest BCUT2D eigenvalue weighted by Gasteiger charge is -2.21. The van der Waals surface area contributed by atoms with E-state index in [4.69, 9.17) is 11.6 Å². The van der Waals surface area contributed by atoms with Crippen LogP contribution in [0, 0.1) is 11.8 Å². The van der Waals surface area contributed by atoms with Gasteiger partial charge in [0.05, 0.1) is 22.3 Å². The average Bonchev–Trinajstić information content (AvgIpc) is 2.75. The first-order valence-electron chi connectivity index (χ1n) is 6.48. The van der Waals surface area contributed by atoms with Crippen LogP contribution in [0.3, 0.4) is 0 Å². The van der Waals surface area contributed by atoms with Crippen LogP contribution < -0.4 is 15.5 Å². The van der Waals surface area contributed by atoms with Gasteiger partial charge in [0.25, 0.3) is 0 Å². The molecule has 5 heteroatoms. The Kier molecular flexibility index (Phi) is 4.32. The Morgan fingerprint density at radius 2 is 2.16 bits per heavy atom. The average molecular weight is 282 g/mol. The van der Waals surface area contributed by atoms with E-state index in [0.717, 1.165) is 24.5 Å². The third-order valence-electron chi connectivity index (χ3n) is 3.55. The topological polar surface area (TPSA) is 44.4 Å². The van der Waals surface area contributed by atoms with Crippen molar-refractivity contribution in [1.29, 1.82) is 0 Å². The lowest BCUT2D eigenvalue weighted by molar-refractivity contribution is -0.120. The first-order valence-corrected chi connectivity index (χ1v) is 6.86. The van der Waals surface area contributed by atoms with Crippen LogP contribution in [0.15, 0.2) is 18.2 Å². The molecule has 0 radical (unpaired) electrons. The number of carbonyl (C=O) groups is 1. The molecule has 2 N–H and O–H groups in total. The highest BCUT2D eigenvalue weighted by Gasteiger charge is 2.30. The Morgan fingerprint density at radius 3 is 2.74 bits per heavy atom. The van der Waals surface area contributed by atoms with Gasteiger partial charge >= 0.3 is 0 Å². The van der Waals surface area contributed by atoms with Crippen molar-refractivity contribution in [1.82, 2.24) is 5.32 Å². The third kappa shape index (κ3) is 3.01. The fourth-order valence-corrected chi connectivity index (χ4v) is 2.80. The molecule has 1 aliphatic rings. The molecule has 0 aromatic heterocycles. The van der Waals surface area contributed by atoms with Gasteiger partial charge < -0.3 is 15.5 Å². The molecule has 1 heterocycles. The number of amides is 1. The van der Waals surface area contributed by atoms with E-state index in [9.17, 15) is 4.79 Å². The quantitative estimate of drug-likeness (QED) is 0.893. The standard InChI is InChI=1S/C14H20ClN3O/c1-9-7-16-8-10(9)14(19)17-12-6-4-5-11(15)13(12)18(2)3/h4-6,9-10,16H,7-8H2,1-3H3,(H,17,19)/t9-,10-/m1/s1. The molecule has 1 saturated heterocycles. The summed E-state index contributed by atoms with van der Waals surface area (Å²) in [7, 11) is 3.83. The molecule has 1 aromatic carbocycles. The van der Waals surface area contributed by atoms with Crippen molar-refractivity contribution in [3.05, 3.63) is 23.2 Å². The smallest absolute Gasteiger partial charge is 0.229 e. The minimum Gasteiger partial charge on any atom is -0.375 e. The van der Waals surface area contributed by atoms with E-state index in [1.807, 2.05) is 37.2 Å². The number of benzene rings is 1. The van der Waals surface area contributed by atoms with Gasteiger partial charge in [-0.3, -0.25) is 4.79 Å². The molecule has 104 valence electrons. The second kappa shape index (κ2) is 5.80. The zero-order valence-electron chi connectivity index (χ0n) is 11.5. The fourth-order valence-electron chi connectivity index (χ4n) is 2.46. The normalized spacial score (nSPS) is 22.3. The zero-order chi connectivity index (χ0) is 14.0. The summed E-state index contributed by atoms with van der Waals surface area (Å²) < 4.78 is 0. The number of carbonyl (C=O) groups excluding carboxylic acids is 1. The van der Waals surface area contributed by atoms with Crippen LogP contribution in [-0.2, 0) is 4.79 Å². The summed E-state index contributed by atoms with van der Waals surface area (Å²) in [6.07, 6.45) is 0. The van der Waals surface area contributed by atoms with Crippen LogP contribution in [-0.4, -0.2) is 33.1 Å². The van der Waals surface area contributed by atoms with Crippen molar-refractivity contribution in [3.8, 4) is 0 Å². The minimum atomic E-state index is 0.0222. The van der Waals surface area contributed by atoms with Gasteiger partial charge in [0.15, 0.2) is 0 Å². The molecule has 0 saturated carbocycles. The van der Waals surface area contributed by atoms with Crippen molar-refractivity contribution in [3.63, 3.8) is 0 Å². The lowest BCUT2D eigenvalue weighted by atomic mass is 9.97. The molecule has 2 rings (SSSR count). The Morgan fingerprint density at radius 1 is 1.42 bits per heavy atom. The maximum absolute atomic E-state index is 12.3. The predicted octanol–water partition coefficient (Wildman–Crippen LogP) is 2.20. The van der Waals surface area contributed by atoms with Gasteiger partial charge in [-0.15, -0.1) is 0 Å². The molecule has 4 nitrogen and oxygen atoms in total. The van der Waals surface area contributed by atoms with Crippen molar-refractivity contribution in [2.24, 2.45) is 11.8 Å². The Bertz CT molecular complexity index is 476. The molecule has 0 aliphatic carbocycles. The first-order chi connectivity index (χ1) is 9.00. The highest BCUT2D eigenvalue weighted by Crippen LogP contribution is 2.33. The largest absolute Gasteiger partial charge is 0.375 e. The van der Waals surface area contributed by atoms with Crippen LogP contribution >= 0.6 is 11.6 Å². The first kappa shape index (κ1) is 14.2. The van der Waals surface area contributed by atoms with Gasteiger partial charge in [0.1, 0.15) is 0 Å². The second-order valence-electron chi connectivity index (χ2n) is 5.26. The van der Waals surface area contributed by atoms with E-state index in [2.05, 4.69) is 17.6 Å². The monoisotopic (exact) mass is 281 g/mol. The fraction of sp³-hybridized carbons (Fsp3) is 0.500. The van der Waals surface area contributed by atoms with Crippen molar-refractivity contribution in [2.75, 3.05) is 37.4 Å². The van der Waals surface area contributed by atoms with Gasteiger partial charge in [-0.25, -0.2) is 0 Å². The molecule has 0 unspecified atom stereocenters. The summed E-state index contributed by atoms with van der Waals surface area (Å²) in [5, 5.41) is 6.88. The zero-order valence-corrected chi connectivity index (χ0v) is 12.3. The number of nitrogens with one attached hydrogen (secondary N) is 2. The summed E-state index contributed by atoms with van der Waals surface area (Å²) >= 11 is 6.19. The Balaban J connectivity index is 2.19. The van der Waals surface area contributed by atoms with Gasteiger partial charge in [0, 0.05) is 20.6 Å². The van der Waals surface area contributed by atoms with Crippen LogP contribution in [0.4, 0.5) is 11.4 Å². The van der Waals surface area contributed by atoms with Crippen molar-refractivity contribution in [2.45, 2.75) is 6.92 Å². The molecule has 0 bridgehead atoms. The van der Waals surface area contributed by atoms with E-state index in [0.29, 0.717) is 10.9 Å². The van der Waals surface area contributed by atoms with Crippen LogP contribution in [0.25, 0.3) is 0 Å². The van der Waals surface area contributed by atoms with E-state index >= 15 is 0 Å². The summed E-state index contributed by atoms with van der Waals surface area (Å²) in [6, 6.07) is 5.56. The van der Waals surface area contributed by atoms with Gasteiger partial charge in [-0.05, 0) is 24.6 Å². The summed E-state index contributed by atoms with van der Waals surface area (Å²) in [5.74, 6) is 0.443. The number of rotatable bonds is 3. The Hall–Kier alpha value is -1.26. The molecule has 1 fully saturated rings. The van der Waals surface area contributed by atoms with E-state index in [1.54, 1.807) is 0 Å². The van der Waals surface area contributed by atoms with Crippen molar-refractivity contribution >= 4 is 28.9 Å². The maximum Gasteiger partial charge on any atom is 0.229 e. The summed E-state index contributed by atoms with van der Waals surface area (Å²) in [5.41, 5.74) is 1.61. The third-order valence-corrected chi connectivity index (χ3v) is 3.85. The van der Waals surface area contributed by atoms with E-state index in [1.165, 1.54) is 0 Å². The maximum atomic E-state index is 12.3. The molecule has 2 atom stereocenters. The highest BCUT2D eigenvalue weighted by molar-refractivity contribution is 6.34. The van der Waals surface area contributed by atoms with Crippen LogP contribution in [0.2, 0.25) is 5.02 Å². The lowest BCUT2D eigenvalue weighted by Crippen LogP contribution is -2.28. The molecule has 1 amide bonds. The molecule has 0 spiro atoms. The molecule has 1 aliphatic heterocycles. The molecular weight excluding hydrogens is 262 g/mol. The van der Waals surface area contributed by atoms with Crippen molar-refractivity contribution < 1.29 is 4.79 Å². The summed E-state index contributed by atoms with van der Waals surface area (Å²) in [4.78, 5) is 14.2. The number of nitrogens with zero attached hydrogens (tertiary/aromatic N) is 1. The number of halogens is 1. The second-order valence-corrected chi connectivity index (χ2v) is 5.67. The van der Waals surface area contributed by atoms with E-state index in [-0.39, 0.29) is 11.8 Å². The molecule has 1 aromatic rings. The number of hydrogen-bond acceptors (Lipinski definition) is 3. The van der Waals surface area contributed by atoms with Crippen LogP contribution in [0.1, 0.15) is 6.92 Å².